The number of para-hydroxylation sites is 1. The molecule has 0 saturated carbocycles. The van der Waals surface area contributed by atoms with Gasteiger partial charge >= 0.3 is 6.18 Å². The van der Waals surface area contributed by atoms with Gasteiger partial charge in [0, 0.05) is 32.9 Å². The second-order valence-electron chi connectivity index (χ2n) is 8.26. The van der Waals surface area contributed by atoms with Crippen molar-refractivity contribution in [3.63, 3.8) is 0 Å². The molecule has 5 rings (SSSR count). The second-order valence-corrected chi connectivity index (χ2v) is 9.10. The number of rotatable bonds is 5. The molecule has 3 aromatic carbocycles. The van der Waals surface area contributed by atoms with Gasteiger partial charge in [-0.1, -0.05) is 53.5 Å². The van der Waals surface area contributed by atoms with E-state index in [0.717, 1.165) is 39.5 Å². The van der Waals surface area contributed by atoms with E-state index in [9.17, 15) is 18.0 Å². The molecule has 1 amide bonds. The Bertz CT molecular complexity index is 1610. The van der Waals surface area contributed by atoms with E-state index >= 15 is 0 Å². The molecule has 0 bridgehead atoms. The number of nitrogens with one attached hydrogen (secondary N) is 1. The van der Waals surface area contributed by atoms with Gasteiger partial charge in [0.25, 0.3) is 5.91 Å². The topological polar surface area (TPSA) is 46.9 Å². The minimum Gasteiger partial charge on any atom is -0.346 e. The van der Waals surface area contributed by atoms with Gasteiger partial charge in [-0.25, -0.2) is 0 Å². The molecule has 182 valence electrons. The fourth-order valence-corrected chi connectivity index (χ4v) is 4.66. The van der Waals surface area contributed by atoms with E-state index in [1.54, 1.807) is 18.3 Å². The summed E-state index contributed by atoms with van der Waals surface area (Å²) >= 11 is 12.6. The number of carbonyl (C=O) groups is 1. The molecule has 0 aliphatic carbocycles. The van der Waals surface area contributed by atoms with E-state index in [4.69, 9.17) is 23.2 Å². The van der Waals surface area contributed by atoms with E-state index in [1.807, 2.05) is 36.4 Å². The maximum absolute atomic E-state index is 13.3. The van der Waals surface area contributed by atoms with Crippen LogP contribution in [0.25, 0.3) is 21.8 Å². The SMILES string of the molecule is O=C(NCc1cc2c3ccccc3n(Cc3cc(Cl)ccc3Cl)c2cn1)c1ccccc1C(F)(F)F. The lowest BCUT2D eigenvalue weighted by molar-refractivity contribution is -0.137. The lowest BCUT2D eigenvalue weighted by Gasteiger charge is -2.12. The predicted molar refractivity (Wildman–Crippen MR) is 135 cm³/mol. The molecule has 0 aliphatic rings. The van der Waals surface area contributed by atoms with Crippen LogP contribution in [-0.2, 0) is 19.3 Å². The van der Waals surface area contributed by atoms with Gasteiger partial charge in [-0.3, -0.25) is 9.78 Å². The first-order valence-electron chi connectivity index (χ1n) is 11.0. The van der Waals surface area contributed by atoms with Gasteiger partial charge in [0.15, 0.2) is 0 Å². The summed E-state index contributed by atoms with van der Waals surface area (Å²) in [5.41, 5.74) is 1.78. The van der Waals surface area contributed by atoms with Gasteiger partial charge in [0.1, 0.15) is 0 Å². The first-order valence-corrected chi connectivity index (χ1v) is 11.7. The largest absolute Gasteiger partial charge is 0.417 e. The molecule has 0 aliphatic heterocycles. The number of aromatic nitrogens is 2. The van der Waals surface area contributed by atoms with Gasteiger partial charge in [0.05, 0.1) is 35.1 Å². The first-order chi connectivity index (χ1) is 17.2. The number of carbonyl (C=O) groups excluding carboxylic acids is 1. The van der Waals surface area contributed by atoms with Crippen LogP contribution in [0, 0.1) is 0 Å². The standard InChI is InChI=1S/C27H18Cl2F3N3O/c28-17-9-10-23(29)16(11-17)15-35-24-8-4-2-5-19(24)21-12-18(33-14-25(21)35)13-34-26(36)20-6-1-3-7-22(20)27(30,31)32/h1-12,14H,13,15H2,(H,34,36). The maximum Gasteiger partial charge on any atom is 0.417 e. The van der Waals surface area contributed by atoms with Gasteiger partial charge in [-0.15, -0.1) is 0 Å². The third-order valence-electron chi connectivity index (χ3n) is 5.96. The van der Waals surface area contributed by atoms with E-state index < -0.39 is 23.2 Å². The molecule has 0 fully saturated rings. The zero-order valence-corrected chi connectivity index (χ0v) is 20.1. The molecular weight excluding hydrogens is 510 g/mol. The third-order valence-corrected chi connectivity index (χ3v) is 6.56. The summed E-state index contributed by atoms with van der Waals surface area (Å²) in [7, 11) is 0. The number of benzene rings is 3. The molecule has 0 saturated heterocycles. The van der Waals surface area contributed by atoms with Crippen molar-refractivity contribution < 1.29 is 18.0 Å². The molecule has 0 radical (unpaired) electrons. The quantitative estimate of drug-likeness (QED) is 0.257. The Morgan fingerprint density at radius 3 is 2.47 bits per heavy atom. The van der Waals surface area contributed by atoms with Crippen molar-refractivity contribution in [3.8, 4) is 0 Å². The number of pyridine rings is 1. The average molecular weight is 528 g/mol. The number of alkyl halides is 3. The molecule has 0 atom stereocenters. The van der Waals surface area contributed by atoms with Crippen LogP contribution in [0.5, 0.6) is 0 Å². The molecule has 0 spiro atoms. The van der Waals surface area contributed by atoms with E-state index in [-0.39, 0.29) is 6.54 Å². The summed E-state index contributed by atoms with van der Waals surface area (Å²) in [5.74, 6) is -0.817. The molecule has 4 nitrogen and oxygen atoms in total. The normalized spacial score (nSPS) is 11.8. The molecule has 9 heteroatoms. The maximum atomic E-state index is 13.3. The van der Waals surface area contributed by atoms with Gasteiger partial charge in [-0.05, 0) is 48.0 Å². The molecule has 1 N–H and O–H groups in total. The zero-order valence-electron chi connectivity index (χ0n) is 18.6. The number of fused-ring (bicyclic) bond motifs is 3. The Kier molecular flexibility index (Phi) is 6.36. The highest BCUT2D eigenvalue weighted by molar-refractivity contribution is 6.33. The minimum atomic E-state index is -4.63. The summed E-state index contributed by atoms with van der Waals surface area (Å²) < 4.78 is 42.0. The zero-order chi connectivity index (χ0) is 25.4. The van der Waals surface area contributed by atoms with Crippen LogP contribution in [0.1, 0.15) is 27.2 Å². The van der Waals surface area contributed by atoms with Crippen molar-refractivity contribution in [2.24, 2.45) is 0 Å². The van der Waals surface area contributed by atoms with Crippen LogP contribution in [0.2, 0.25) is 10.0 Å². The molecular formula is C27H18Cl2F3N3O. The Balaban J connectivity index is 1.47. The summed E-state index contributed by atoms with van der Waals surface area (Å²) in [5, 5.41) is 5.61. The summed E-state index contributed by atoms with van der Waals surface area (Å²) in [6.45, 7) is 0.440. The lowest BCUT2D eigenvalue weighted by Crippen LogP contribution is -2.26. The smallest absolute Gasteiger partial charge is 0.346 e. The molecule has 2 aromatic heterocycles. The van der Waals surface area contributed by atoms with Gasteiger partial charge < -0.3 is 9.88 Å². The van der Waals surface area contributed by atoms with Crippen molar-refractivity contribution in [3.05, 3.63) is 111 Å². The van der Waals surface area contributed by atoms with Crippen molar-refractivity contribution in [1.29, 1.82) is 0 Å². The first kappa shape index (κ1) is 24.2. The number of hydrogen-bond donors (Lipinski definition) is 1. The molecule has 36 heavy (non-hydrogen) atoms. The van der Waals surface area contributed by atoms with E-state index in [2.05, 4.69) is 14.9 Å². The number of hydrogen-bond acceptors (Lipinski definition) is 2. The van der Waals surface area contributed by atoms with Crippen LogP contribution < -0.4 is 5.32 Å². The fourth-order valence-electron chi connectivity index (χ4n) is 4.28. The number of halogens is 5. The van der Waals surface area contributed by atoms with Crippen molar-refractivity contribution >= 4 is 50.9 Å². The van der Waals surface area contributed by atoms with Crippen LogP contribution in [0.4, 0.5) is 13.2 Å². The second kappa shape index (κ2) is 9.48. The predicted octanol–water partition coefficient (Wildman–Crippen LogP) is 7.49. The van der Waals surface area contributed by atoms with Crippen LogP contribution in [0.3, 0.4) is 0 Å². The number of amides is 1. The highest BCUT2D eigenvalue weighted by Crippen LogP contribution is 2.33. The molecule has 2 heterocycles. The summed E-state index contributed by atoms with van der Waals surface area (Å²) in [6, 6.07) is 19.7. The van der Waals surface area contributed by atoms with Crippen LogP contribution >= 0.6 is 23.2 Å². The Hall–Kier alpha value is -3.55. The average Bonchev–Trinajstić information content (AvgIpc) is 3.17. The molecule has 5 aromatic rings. The lowest BCUT2D eigenvalue weighted by atomic mass is 10.1. The highest BCUT2D eigenvalue weighted by atomic mass is 35.5. The number of nitrogens with zero attached hydrogens (tertiary/aromatic N) is 2. The Labute approximate surface area is 214 Å². The summed E-state index contributed by atoms with van der Waals surface area (Å²) in [6.07, 6.45) is -2.93. The van der Waals surface area contributed by atoms with E-state index in [0.29, 0.717) is 22.3 Å². The van der Waals surface area contributed by atoms with Gasteiger partial charge in [-0.2, -0.15) is 13.2 Å². The highest BCUT2D eigenvalue weighted by Gasteiger charge is 2.34. The van der Waals surface area contributed by atoms with Crippen molar-refractivity contribution in [1.82, 2.24) is 14.9 Å². The van der Waals surface area contributed by atoms with Crippen molar-refractivity contribution in [2.45, 2.75) is 19.3 Å². The van der Waals surface area contributed by atoms with E-state index in [1.165, 1.54) is 12.1 Å². The van der Waals surface area contributed by atoms with Crippen molar-refractivity contribution in [2.75, 3.05) is 0 Å². The third kappa shape index (κ3) is 4.64. The monoisotopic (exact) mass is 527 g/mol. The Morgan fingerprint density at radius 2 is 1.67 bits per heavy atom. The minimum absolute atomic E-state index is 0.0272. The van der Waals surface area contributed by atoms with Crippen LogP contribution in [-0.4, -0.2) is 15.5 Å². The summed E-state index contributed by atoms with van der Waals surface area (Å²) in [4.78, 5) is 17.0. The van der Waals surface area contributed by atoms with Gasteiger partial charge in [0.2, 0.25) is 0 Å². The molecule has 0 unspecified atom stereocenters. The van der Waals surface area contributed by atoms with Crippen LogP contribution in [0.15, 0.2) is 79.0 Å². The Morgan fingerprint density at radius 1 is 0.917 bits per heavy atom. The fraction of sp³-hybridized carbons (Fsp3) is 0.111.